The zero-order chi connectivity index (χ0) is 16.9. The van der Waals surface area contributed by atoms with E-state index in [-0.39, 0.29) is 17.9 Å². The Morgan fingerprint density at radius 2 is 2.21 bits per heavy atom. The number of nitrogens with zero attached hydrogens (tertiary/aromatic N) is 3. The van der Waals surface area contributed by atoms with E-state index in [1.807, 2.05) is 6.92 Å². The van der Waals surface area contributed by atoms with Gasteiger partial charge in [-0.3, -0.25) is 9.78 Å². The number of nitrogens with one attached hydrogen (secondary N) is 1. The first-order valence-corrected chi connectivity index (χ1v) is 8.30. The van der Waals surface area contributed by atoms with Crippen molar-refractivity contribution in [3.05, 3.63) is 41.3 Å². The Kier molecular flexibility index (Phi) is 5.20. The third-order valence-corrected chi connectivity index (χ3v) is 4.36. The lowest BCUT2D eigenvalue weighted by Gasteiger charge is -2.28. The maximum atomic E-state index is 12.8. The van der Waals surface area contributed by atoms with Crippen LogP contribution in [0.2, 0.25) is 0 Å². The van der Waals surface area contributed by atoms with Gasteiger partial charge in [0.15, 0.2) is 5.82 Å². The average molecular weight is 330 g/mol. The van der Waals surface area contributed by atoms with Gasteiger partial charge < -0.3 is 14.6 Å². The number of hydrogen-bond donors (Lipinski definition) is 1. The van der Waals surface area contributed by atoms with Crippen LogP contribution in [0, 0.1) is 12.8 Å². The fraction of sp³-hybridized carbons (Fsp3) is 0.529. The van der Waals surface area contributed by atoms with Gasteiger partial charge in [0.1, 0.15) is 6.04 Å². The largest absolute Gasteiger partial charge is 0.381 e. The molecule has 0 radical (unpaired) electrons. The van der Waals surface area contributed by atoms with E-state index in [0.717, 1.165) is 24.8 Å². The highest BCUT2D eigenvalue weighted by Gasteiger charge is 2.31. The molecule has 3 heterocycles. The molecule has 1 fully saturated rings. The number of ether oxygens (including phenoxy) is 1. The number of carbonyl (C=O) groups excluding carboxylic acids is 1. The lowest BCUT2D eigenvalue weighted by molar-refractivity contribution is 0.0467. The molecule has 1 saturated heterocycles. The summed E-state index contributed by atoms with van der Waals surface area (Å²) in [5, 5.41) is 6.96. The maximum absolute atomic E-state index is 12.8. The summed E-state index contributed by atoms with van der Waals surface area (Å²) in [6.07, 6.45) is 5.81. The molecule has 1 atom stereocenters. The first-order valence-electron chi connectivity index (χ1n) is 8.30. The number of amides is 1. The van der Waals surface area contributed by atoms with Gasteiger partial charge in [-0.1, -0.05) is 12.1 Å². The zero-order valence-corrected chi connectivity index (χ0v) is 14.0. The van der Waals surface area contributed by atoms with Gasteiger partial charge in [-0.2, -0.15) is 4.98 Å². The average Bonchev–Trinajstić information content (AvgIpc) is 3.06. The minimum atomic E-state index is -0.305. The minimum absolute atomic E-state index is 0.137. The molecule has 0 unspecified atom stereocenters. The molecule has 7 heteroatoms. The van der Waals surface area contributed by atoms with E-state index in [0.29, 0.717) is 30.5 Å². The topological polar surface area (TPSA) is 90.1 Å². The molecule has 3 rings (SSSR count). The van der Waals surface area contributed by atoms with Crippen LogP contribution in [-0.2, 0) is 11.2 Å². The van der Waals surface area contributed by atoms with Crippen LogP contribution in [0.3, 0.4) is 0 Å². The summed E-state index contributed by atoms with van der Waals surface area (Å²) in [6, 6.07) is 1.44. The molecule has 0 saturated carbocycles. The Balaban J connectivity index is 1.84. The molecule has 0 aromatic carbocycles. The van der Waals surface area contributed by atoms with Gasteiger partial charge in [0.25, 0.3) is 5.91 Å². The standard InChI is InChI=1S/C17H22N4O3/c1-3-12-10-18-7-4-14(12)16(22)20-15(13-5-8-23-9-6-13)17-19-11(2)21-24-17/h4,7,10,13,15H,3,5-6,8-9H2,1-2H3,(H,20,22)/t15-/m0/s1. The van der Waals surface area contributed by atoms with E-state index < -0.39 is 0 Å². The predicted molar refractivity (Wildman–Crippen MR) is 86.4 cm³/mol. The fourth-order valence-electron chi connectivity index (χ4n) is 3.02. The van der Waals surface area contributed by atoms with Crippen molar-refractivity contribution in [2.75, 3.05) is 13.2 Å². The van der Waals surface area contributed by atoms with Crippen LogP contribution < -0.4 is 5.32 Å². The molecular formula is C17H22N4O3. The van der Waals surface area contributed by atoms with E-state index in [4.69, 9.17) is 9.26 Å². The molecule has 0 aliphatic carbocycles. The van der Waals surface area contributed by atoms with Crippen LogP contribution >= 0.6 is 0 Å². The van der Waals surface area contributed by atoms with E-state index in [2.05, 4.69) is 20.4 Å². The lowest BCUT2D eigenvalue weighted by atomic mass is 9.91. The minimum Gasteiger partial charge on any atom is -0.381 e. The Bertz CT molecular complexity index is 695. The van der Waals surface area contributed by atoms with Crippen molar-refractivity contribution in [2.45, 2.75) is 39.2 Å². The molecule has 1 aliphatic heterocycles. The number of pyridine rings is 1. The summed E-state index contributed by atoms with van der Waals surface area (Å²) in [7, 11) is 0. The molecule has 7 nitrogen and oxygen atoms in total. The summed E-state index contributed by atoms with van der Waals surface area (Å²) in [4.78, 5) is 21.2. The Labute approximate surface area is 140 Å². The van der Waals surface area contributed by atoms with E-state index >= 15 is 0 Å². The first-order chi connectivity index (χ1) is 11.7. The molecular weight excluding hydrogens is 308 g/mol. The van der Waals surface area contributed by atoms with Gasteiger partial charge >= 0.3 is 0 Å². The smallest absolute Gasteiger partial charge is 0.252 e. The molecule has 128 valence electrons. The first kappa shape index (κ1) is 16.6. The van der Waals surface area contributed by atoms with Gasteiger partial charge in [-0.25, -0.2) is 0 Å². The fourth-order valence-corrected chi connectivity index (χ4v) is 3.02. The van der Waals surface area contributed by atoms with Gasteiger partial charge in [0, 0.05) is 31.2 Å². The van der Waals surface area contributed by atoms with Gasteiger partial charge in [0.2, 0.25) is 5.89 Å². The summed E-state index contributed by atoms with van der Waals surface area (Å²) in [5.74, 6) is 1.10. The third kappa shape index (κ3) is 3.62. The molecule has 1 aliphatic rings. The predicted octanol–water partition coefficient (Wildman–Crippen LogP) is 2.23. The highest BCUT2D eigenvalue weighted by Crippen LogP contribution is 2.29. The third-order valence-electron chi connectivity index (χ3n) is 4.36. The van der Waals surface area contributed by atoms with Crippen molar-refractivity contribution >= 4 is 5.91 Å². The number of aromatic nitrogens is 3. The lowest BCUT2D eigenvalue weighted by Crippen LogP contribution is -2.36. The van der Waals surface area contributed by atoms with Crippen molar-refractivity contribution in [3.8, 4) is 0 Å². The second kappa shape index (κ2) is 7.53. The van der Waals surface area contributed by atoms with Gasteiger partial charge in [0.05, 0.1) is 0 Å². The SMILES string of the molecule is CCc1cnccc1C(=O)N[C@H](c1nc(C)no1)C1CCOCC1. The van der Waals surface area contributed by atoms with Gasteiger partial charge in [-0.15, -0.1) is 0 Å². The van der Waals surface area contributed by atoms with Crippen LogP contribution in [0.1, 0.15) is 53.4 Å². The number of carbonyl (C=O) groups is 1. The van der Waals surface area contributed by atoms with Gasteiger partial charge in [-0.05, 0) is 43.7 Å². The molecule has 0 bridgehead atoms. The molecule has 1 N–H and O–H groups in total. The van der Waals surface area contributed by atoms with E-state index in [9.17, 15) is 4.79 Å². The van der Waals surface area contributed by atoms with Crippen LogP contribution in [0.25, 0.3) is 0 Å². The quantitative estimate of drug-likeness (QED) is 0.904. The number of hydrogen-bond acceptors (Lipinski definition) is 6. The molecule has 24 heavy (non-hydrogen) atoms. The Morgan fingerprint density at radius 3 is 2.88 bits per heavy atom. The van der Waals surface area contributed by atoms with Crippen molar-refractivity contribution in [1.82, 2.24) is 20.4 Å². The van der Waals surface area contributed by atoms with Crippen molar-refractivity contribution in [3.63, 3.8) is 0 Å². The van der Waals surface area contributed by atoms with Crippen LogP contribution in [-0.4, -0.2) is 34.2 Å². The zero-order valence-electron chi connectivity index (χ0n) is 14.0. The highest BCUT2D eigenvalue weighted by atomic mass is 16.5. The van der Waals surface area contributed by atoms with Crippen LogP contribution in [0.15, 0.2) is 23.0 Å². The number of aryl methyl sites for hydroxylation is 2. The van der Waals surface area contributed by atoms with Crippen molar-refractivity contribution < 1.29 is 14.1 Å². The Morgan fingerprint density at radius 1 is 1.42 bits per heavy atom. The van der Waals surface area contributed by atoms with Crippen LogP contribution in [0.4, 0.5) is 0 Å². The Hall–Kier alpha value is -2.28. The van der Waals surface area contributed by atoms with Crippen LogP contribution in [0.5, 0.6) is 0 Å². The molecule has 2 aromatic heterocycles. The summed E-state index contributed by atoms with van der Waals surface area (Å²) in [6.45, 7) is 5.14. The second-order valence-electron chi connectivity index (χ2n) is 5.97. The summed E-state index contributed by atoms with van der Waals surface area (Å²) < 4.78 is 10.8. The summed E-state index contributed by atoms with van der Waals surface area (Å²) in [5.41, 5.74) is 1.56. The summed E-state index contributed by atoms with van der Waals surface area (Å²) >= 11 is 0. The maximum Gasteiger partial charge on any atom is 0.252 e. The molecule has 2 aromatic rings. The van der Waals surface area contributed by atoms with E-state index in [1.165, 1.54) is 0 Å². The second-order valence-corrected chi connectivity index (χ2v) is 5.97. The molecule has 0 spiro atoms. The normalized spacial score (nSPS) is 16.8. The number of rotatable bonds is 5. The van der Waals surface area contributed by atoms with Crippen molar-refractivity contribution in [2.24, 2.45) is 5.92 Å². The van der Waals surface area contributed by atoms with Crippen molar-refractivity contribution in [1.29, 1.82) is 0 Å². The monoisotopic (exact) mass is 330 g/mol. The van der Waals surface area contributed by atoms with E-state index in [1.54, 1.807) is 25.4 Å². The molecule has 1 amide bonds. The highest BCUT2D eigenvalue weighted by molar-refractivity contribution is 5.95.